The summed E-state index contributed by atoms with van der Waals surface area (Å²) in [7, 11) is 0. The summed E-state index contributed by atoms with van der Waals surface area (Å²) < 4.78 is 11.3. The molecular weight excluding hydrogens is 538 g/mol. The molecule has 0 aliphatic carbocycles. The summed E-state index contributed by atoms with van der Waals surface area (Å²) in [5.41, 5.74) is 7.45. The van der Waals surface area contributed by atoms with E-state index in [4.69, 9.17) is 14.0 Å². The molecular formula is C33H33NO6S. The molecule has 0 amide bonds. The minimum Gasteiger partial charge on any atom is -0.427 e. The van der Waals surface area contributed by atoms with Gasteiger partial charge in [-0.25, -0.2) is 9.59 Å². The first-order valence-electron chi connectivity index (χ1n) is 13.3. The predicted molar refractivity (Wildman–Crippen MR) is 160 cm³/mol. The Morgan fingerprint density at radius 2 is 1.61 bits per heavy atom. The van der Waals surface area contributed by atoms with E-state index in [2.05, 4.69) is 5.48 Å². The summed E-state index contributed by atoms with van der Waals surface area (Å²) in [5.74, 6) is 1.07. The lowest BCUT2D eigenvalue weighted by atomic mass is 9.94. The van der Waals surface area contributed by atoms with E-state index < -0.39 is 17.8 Å². The fraction of sp³-hybridized carbons (Fsp3) is 0.242. The molecule has 0 saturated carbocycles. The van der Waals surface area contributed by atoms with Crippen molar-refractivity contribution in [1.82, 2.24) is 5.48 Å². The first-order chi connectivity index (χ1) is 19.7. The lowest BCUT2D eigenvalue weighted by molar-refractivity contribution is -0.112. The molecule has 0 bridgehead atoms. The van der Waals surface area contributed by atoms with E-state index in [1.807, 2.05) is 94.4 Å². The van der Waals surface area contributed by atoms with Gasteiger partial charge in [0.25, 0.3) is 0 Å². The molecule has 1 aromatic heterocycles. The third-order valence-corrected chi connectivity index (χ3v) is 7.49. The second-order valence-electron chi connectivity index (χ2n) is 9.93. The molecule has 41 heavy (non-hydrogen) atoms. The minimum atomic E-state index is -1.10. The first kappa shape index (κ1) is 29.8. The number of aldehydes is 1. The number of aryl methyl sites for hydroxylation is 5. The van der Waals surface area contributed by atoms with Gasteiger partial charge >= 0.3 is 11.8 Å². The third kappa shape index (κ3) is 8.19. The Balaban J connectivity index is 1.55. The van der Waals surface area contributed by atoms with Crippen LogP contribution in [0.1, 0.15) is 33.6 Å². The van der Waals surface area contributed by atoms with E-state index in [1.165, 1.54) is 5.56 Å². The second kappa shape index (κ2) is 14.0. The fourth-order valence-electron chi connectivity index (χ4n) is 4.65. The molecule has 0 spiro atoms. The van der Waals surface area contributed by atoms with E-state index in [1.54, 1.807) is 17.8 Å². The summed E-state index contributed by atoms with van der Waals surface area (Å²) in [5, 5.41) is 0. The molecule has 1 heterocycles. The Morgan fingerprint density at radius 3 is 2.27 bits per heavy atom. The SMILES string of the molecule is Cc1ccc(SCCc2cc(OC(=O)ON[C@H](C=O)Cc3ccccc3)c(-c3c(C)cc(C)cc3C)c(=O)o2)cc1. The largest absolute Gasteiger partial charge is 0.533 e. The molecule has 0 radical (unpaired) electrons. The number of hydrogen-bond donors (Lipinski definition) is 1. The van der Waals surface area contributed by atoms with Crippen molar-refractivity contribution in [2.45, 2.75) is 51.5 Å². The van der Waals surface area contributed by atoms with Gasteiger partial charge in [-0.15, -0.1) is 17.2 Å². The van der Waals surface area contributed by atoms with E-state index in [0.717, 1.165) is 27.1 Å². The van der Waals surface area contributed by atoms with E-state index in [-0.39, 0.29) is 11.3 Å². The van der Waals surface area contributed by atoms with Crippen molar-refractivity contribution in [2.75, 3.05) is 5.75 Å². The van der Waals surface area contributed by atoms with Crippen LogP contribution in [-0.2, 0) is 22.5 Å². The van der Waals surface area contributed by atoms with Crippen LogP contribution in [0.25, 0.3) is 11.1 Å². The van der Waals surface area contributed by atoms with Crippen molar-refractivity contribution in [3.8, 4) is 16.9 Å². The zero-order chi connectivity index (χ0) is 29.4. The normalized spacial score (nSPS) is 11.6. The van der Waals surface area contributed by atoms with Crippen LogP contribution in [0.15, 0.2) is 86.9 Å². The highest BCUT2D eigenvalue weighted by Crippen LogP contribution is 2.34. The number of hydrogen-bond acceptors (Lipinski definition) is 8. The van der Waals surface area contributed by atoms with Crippen LogP contribution in [0, 0.1) is 27.7 Å². The van der Waals surface area contributed by atoms with Crippen molar-refractivity contribution in [1.29, 1.82) is 0 Å². The Morgan fingerprint density at radius 1 is 0.927 bits per heavy atom. The van der Waals surface area contributed by atoms with Gasteiger partial charge in [-0.05, 0) is 68.5 Å². The molecule has 3 aromatic carbocycles. The van der Waals surface area contributed by atoms with Gasteiger partial charge in [0.05, 0.1) is 0 Å². The molecule has 0 saturated heterocycles. The molecule has 4 aromatic rings. The van der Waals surface area contributed by atoms with Crippen LogP contribution in [0.5, 0.6) is 5.75 Å². The number of hydroxylamine groups is 1. The van der Waals surface area contributed by atoms with Gasteiger partial charge in [-0.2, -0.15) is 0 Å². The van der Waals surface area contributed by atoms with Gasteiger partial charge in [-0.1, -0.05) is 65.7 Å². The molecule has 8 heteroatoms. The summed E-state index contributed by atoms with van der Waals surface area (Å²) in [4.78, 5) is 43.9. The highest BCUT2D eigenvalue weighted by Gasteiger charge is 2.23. The van der Waals surface area contributed by atoms with Crippen molar-refractivity contribution in [2.24, 2.45) is 0 Å². The lowest BCUT2D eigenvalue weighted by Gasteiger charge is -2.16. The van der Waals surface area contributed by atoms with Crippen molar-refractivity contribution >= 4 is 24.2 Å². The quantitative estimate of drug-likeness (QED) is 0.0919. The minimum absolute atomic E-state index is 0.0316. The highest BCUT2D eigenvalue weighted by molar-refractivity contribution is 7.99. The van der Waals surface area contributed by atoms with Gasteiger partial charge in [0.1, 0.15) is 23.7 Å². The maximum absolute atomic E-state index is 13.4. The molecule has 7 nitrogen and oxygen atoms in total. The average Bonchev–Trinajstić information content (AvgIpc) is 2.93. The number of benzene rings is 3. The Hall–Kier alpha value is -4.14. The van der Waals surface area contributed by atoms with Crippen LogP contribution in [0.3, 0.4) is 0 Å². The zero-order valence-electron chi connectivity index (χ0n) is 23.6. The highest BCUT2D eigenvalue weighted by atomic mass is 32.2. The first-order valence-corrected chi connectivity index (χ1v) is 14.3. The smallest absolute Gasteiger partial charge is 0.427 e. The summed E-state index contributed by atoms with van der Waals surface area (Å²) >= 11 is 1.63. The Kier molecular flexibility index (Phi) is 10.2. The summed E-state index contributed by atoms with van der Waals surface area (Å²) in [6, 6.07) is 22.2. The maximum Gasteiger partial charge on any atom is 0.533 e. The average molecular weight is 572 g/mol. The third-order valence-electron chi connectivity index (χ3n) is 6.48. The number of carbonyl (C=O) groups excluding carboxylic acids is 2. The van der Waals surface area contributed by atoms with Crippen molar-refractivity contribution < 1.29 is 23.6 Å². The standard InChI is InChI=1S/C33H33NO6S/c1-21-10-12-28(13-11-21)41-15-14-27-19-29(31(32(36)38-27)30-23(3)16-22(2)17-24(30)4)39-33(37)40-34-26(20-35)18-25-8-6-5-7-9-25/h5-13,16-17,19-20,26,34H,14-15,18H2,1-4H3/t26-/m0/s1. The van der Waals surface area contributed by atoms with Crippen LogP contribution < -0.4 is 15.8 Å². The van der Waals surface area contributed by atoms with Gasteiger partial charge in [0.15, 0.2) is 5.75 Å². The van der Waals surface area contributed by atoms with Crippen LogP contribution in [0.4, 0.5) is 4.79 Å². The Labute approximate surface area is 243 Å². The molecule has 212 valence electrons. The van der Waals surface area contributed by atoms with Crippen molar-refractivity contribution in [3.05, 3.63) is 117 Å². The van der Waals surface area contributed by atoms with Crippen LogP contribution >= 0.6 is 11.8 Å². The van der Waals surface area contributed by atoms with E-state index in [0.29, 0.717) is 36.2 Å². The number of nitrogens with one attached hydrogen (secondary N) is 1. The maximum atomic E-state index is 13.4. The van der Waals surface area contributed by atoms with Gasteiger partial charge in [-0.3, -0.25) is 0 Å². The molecule has 0 aliphatic heterocycles. The Bertz CT molecular complexity index is 1540. The molecule has 1 atom stereocenters. The van der Waals surface area contributed by atoms with Gasteiger partial charge < -0.3 is 18.8 Å². The number of ether oxygens (including phenoxy) is 1. The molecule has 0 fully saturated rings. The fourth-order valence-corrected chi connectivity index (χ4v) is 5.51. The molecule has 0 aliphatic rings. The summed E-state index contributed by atoms with van der Waals surface area (Å²) in [6.45, 7) is 7.79. The number of rotatable bonds is 11. The second-order valence-corrected chi connectivity index (χ2v) is 11.1. The summed E-state index contributed by atoms with van der Waals surface area (Å²) in [6.07, 6.45) is 0.321. The van der Waals surface area contributed by atoms with Crippen LogP contribution in [-0.4, -0.2) is 24.2 Å². The van der Waals surface area contributed by atoms with E-state index >= 15 is 0 Å². The number of thioether (sulfide) groups is 1. The van der Waals surface area contributed by atoms with Gasteiger partial charge in [0.2, 0.25) is 0 Å². The zero-order valence-corrected chi connectivity index (χ0v) is 24.4. The topological polar surface area (TPSA) is 94.8 Å². The van der Waals surface area contributed by atoms with E-state index in [9.17, 15) is 14.4 Å². The molecule has 4 rings (SSSR count). The molecule has 0 unspecified atom stereocenters. The van der Waals surface area contributed by atoms with Gasteiger partial charge in [0, 0.05) is 23.1 Å². The van der Waals surface area contributed by atoms with Crippen LogP contribution in [0.2, 0.25) is 0 Å². The molecule has 1 N–H and O–H groups in total. The predicted octanol–water partition coefficient (Wildman–Crippen LogP) is 6.71. The lowest BCUT2D eigenvalue weighted by Crippen LogP contribution is -2.35. The monoisotopic (exact) mass is 571 g/mol. The number of carbonyl (C=O) groups is 2. The van der Waals surface area contributed by atoms with Crippen molar-refractivity contribution in [3.63, 3.8) is 0 Å².